The maximum Gasteiger partial charge on any atom is 0.358 e. The Balaban J connectivity index is 2.13. The lowest BCUT2D eigenvalue weighted by atomic mass is 10.4. The summed E-state index contributed by atoms with van der Waals surface area (Å²) in [5, 5.41) is 27.5. The molecule has 0 unspecified atom stereocenters. The molecule has 0 aliphatic heterocycles. The van der Waals surface area contributed by atoms with E-state index in [-0.39, 0.29) is 11.4 Å². The van der Waals surface area contributed by atoms with Crippen LogP contribution in [0.1, 0.15) is 10.5 Å². The fourth-order valence-electron chi connectivity index (χ4n) is 1.43. The van der Waals surface area contributed by atoms with E-state index in [2.05, 4.69) is 25.7 Å². The Morgan fingerprint density at radius 3 is 2.89 bits per heavy atom. The molecule has 0 saturated carbocycles. The first-order chi connectivity index (χ1) is 8.65. The number of hydrogen-bond donors (Lipinski definition) is 2. The molecule has 0 atom stereocenters. The molecule has 3 heterocycles. The Hall–Kier alpha value is -3.04. The van der Waals surface area contributed by atoms with Gasteiger partial charge in [-0.25, -0.2) is 9.48 Å². The molecule has 3 rings (SSSR count). The molecule has 18 heavy (non-hydrogen) atoms. The van der Waals surface area contributed by atoms with Gasteiger partial charge >= 0.3 is 5.97 Å². The predicted molar refractivity (Wildman–Crippen MR) is 57.1 cm³/mol. The first-order valence-corrected chi connectivity index (χ1v) is 4.79. The first kappa shape index (κ1) is 10.1. The Morgan fingerprint density at radius 2 is 2.17 bits per heavy atom. The maximum atomic E-state index is 10.8. The van der Waals surface area contributed by atoms with Crippen molar-refractivity contribution in [3.63, 3.8) is 0 Å². The van der Waals surface area contributed by atoms with Gasteiger partial charge in [-0.3, -0.25) is 0 Å². The summed E-state index contributed by atoms with van der Waals surface area (Å²) >= 11 is 0. The molecule has 0 radical (unpaired) electrons. The summed E-state index contributed by atoms with van der Waals surface area (Å²) in [6.07, 6.45) is 1.36. The molecular weight excluding hydrogens is 240 g/mol. The molecule has 0 amide bonds. The van der Waals surface area contributed by atoms with Crippen LogP contribution in [-0.4, -0.2) is 46.1 Å². The normalized spacial score (nSPS) is 10.9. The minimum absolute atomic E-state index is 0.0566. The van der Waals surface area contributed by atoms with E-state index in [0.717, 1.165) is 0 Å². The van der Waals surface area contributed by atoms with Crippen LogP contribution in [0.2, 0.25) is 0 Å². The smallest absolute Gasteiger partial charge is 0.358 e. The van der Waals surface area contributed by atoms with Gasteiger partial charge in [0.1, 0.15) is 0 Å². The van der Waals surface area contributed by atoms with Crippen molar-refractivity contribution in [3.05, 3.63) is 24.0 Å². The summed E-state index contributed by atoms with van der Waals surface area (Å²) < 4.78 is 2.45. The predicted octanol–water partition coefficient (Wildman–Crippen LogP) is -1.01. The highest BCUT2D eigenvalue weighted by atomic mass is 16.4. The monoisotopic (exact) mass is 246 g/mol. The van der Waals surface area contributed by atoms with Gasteiger partial charge in [-0.1, -0.05) is 0 Å². The highest BCUT2D eigenvalue weighted by molar-refractivity contribution is 5.91. The fourth-order valence-corrected chi connectivity index (χ4v) is 1.43. The van der Waals surface area contributed by atoms with Gasteiger partial charge in [-0.05, 0) is 22.6 Å². The van der Waals surface area contributed by atoms with Gasteiger partial charge in [0.15, 0.2) is 17.2 Å². The van der Waals surface area contributed by atoms with Crippen molar-refractivity contribution in [3.8, 4) is 5.82 Å². The van der Waals surface area contributed by atoms with E-state index < -0.39 is 5.97 Å². The lowest BCUT2D eigenvalue weighted by molar-refractivity contribution is 0.0691. The number of nitrogen functional groups attached to an aromatic ring is 1. The number of fused-ring (bicyclic) bond motifs is 1. The van der Waals surface area contributed by atoms with Crippen LogP contribution in [0.25, 0.3) is 11.5 Å². The number of carboxylic acids is 1. The van der Waals surface area contributed by atoms with Crippen molar-refractivity contribution in [2.45, 2.75) is 0 Å². The van der Waals surface area contributed by atoms with E-state index in [9.17, 15) is 4.79 Å². The van der Waals surface area contributed by atoms with Gasteiger partial charge in [0.25, 0.3) is 0 Å². The van der Waals surface area contributed by atoms with Crippen molar-refractivity contribution < 1.29 is 9.90 Å². The summed E-state index contributed by atoms with van der Waals surface area (Å²) in [7, 11) is 0. The number of rotatable bonds is 2. The van der Waals surface area contributed by atoms with Gasteiger partial charge in [0, 0.05) is 0 Å². The Kier molecular flexibility index (Phi) is 1.96. The van der Waals surface area contributed by atoms with Crippen LogP contribution < -0.4 is 5.73 Å². The minimum atomic E-state index is -1.20. The molecule has 0 saturated heterocycles. The highest BCUT2D eigenvalue weighted by Crippen LogP contribution is 2.12. The summed E-state index contributed by atoms with van der Waals surface area (Å²) in [5.41, 5.74) is 5.83. The summed E-state index contributed by atoms with van der Waals surface area (Å²) in [6, 6.07) is 3.23. The van der Waals surface area contributed by atoms with E-state index >= 15 is 0 Å². The number of nitrogens with zero attached hydrogens (tertiary/aromatic N) is 7. The van der Waals surface area contributed by atoms with E-state index in [1.165, 1.54) is 15.5 Å². The third-order valence-electron chi connectivity index (χ3n) is 2.24. The quantitative estimate of drug-likeness (QED) is 0.586. The van der Waals surface area contributed by atoms with Crippen LogP contribution in [0, 0.1) is 0 Å². The number of carboxylic acid groups (broad SMARTS) is 1. The number of nitrogens with two attached hydrogens (primary N) is 1. The summed E-state index contributed by atoms with van der Waals surface area (Å²) in [6.45, 7) is 0. The molecule has 0 aromatic carbocycles. The molecule has 0 spiro atoms. The van der Waals surface area contributed by atoms with Crippen LogP contribution >= 0.6 is 0 Å². The zero-order valence-electron chi connectivity index (χ0n) is 8.80. The van der Waals surface area contributed by atoms with Crippen molar-refractivity contribution in [1.82, 2.24) is 35.0 Å². The second kappa shape index (κ2) is 3.48. The zero-order valence-corrected chi connectivity index (χ0v) is 8.80. The van der Waals surface area contributed by atoms with Crippen LogP contribution in [0.5, 0.6) is 0 Å². The molecule has 10 heteroatoms. The molecule has 0 aliphatic rings. The van der Waals surface area contributed by atoms with Crippen LogP contribution in [-0.2, 0) is 0 Å². The lowest BCUT2D eigenvalue weighted by Gasteiger charge is -1.98. The van der Waals surface area contributed by atoms with E-state index in [1.54, 1.807) is 12.1 Å². The van der Waals surface area contributed by atoms with Gasteiger partial charge in [0.05, 0.1) is 11.9 Å². The van der Waals surface area contributed by atoms with Crippen LogP contribution in [0.3, 0.4) is 0 Å². The number of aromatic nitrogens is 7. The Labute approximate surface area is 98.6 Å². The second-order valence-electron chi connectivity index (χ2n) is 3.40. The Bertz CT molecular complexity index is 744. The standard InChI is InChI=1S/C8H6N8O2/c9-4-3-15(12-7(4)8(17)18)6-2-1-5-10-13-14-16(5)11-6/h1-3H,9H2,(H,17,18). The van der Waals surface area contributed by atoms with Gasteiger partial charge in [-0.2, -0.15) is 5.10 Å². The molecule has 0 aliphatic carbocycles. The number of anilines is 1. The van der Waals surface area contributed by atoms with E-state index in [1.807, 2.05) is 0 Å². The first-order valence-electron chi connectivity index (χ1n) is 4.79. The molecule has 3 aromatic rings. The van der Waals surface area contributed by atoms with Crippen molar-refractivity contribution in [2.24, 2.45) is 0 Å². The van der Waals surface area contributed by atoms with Gasteiger partial charge < -0.3 is 10.8 Å². The number of aromatic carboxylic acids is 1. The molecule has 0 bridgehead atoms. The Morgan fingerprint density at radius 1 is 1.33 bits per heavy atom. The fraction of sp³-hybridized carbons (Fsp3) is 0. The third-order valence-corrected chi connectivity index (χ3v) is 2.24. The number of carbonyl (C=O) groups is 1. The average molecular weight is 246 g/mol. The van der Waals surface area contributed by atoms with E-state index in [0.29, 0.717) is 11.5 Å². The topological polar surface area (TPSA) is 137 Å². The molecule has 3 aromatic heterocycles. The van der Waals surface area contributed by atoms with Crippen molar-refractivity contribution in [2.75, 3.05) is 5.73 Å². The van der Waals surface area contributed by atoms with Gasteiger partial charge in [-0.15, -0.1) is 14.8 Å². The molecule has 90 valence electrons. The van der Waals surface area contributed by atoms with E-state index in [4.69, 9.17) is 10.8 Å². The number of hydrogen-bond acceptors (Lipinski definition) is 7. The highest BCUT2D eigenvalue weighted by Gasteiger charge is 2.14. The SMILES string of the molecule is Nc1cn(-c2ccc3nnnn3n2)nc1C(=O)O. The number of tetrazole rings is 1. The zero-order chi connectivity index (χ0) is 12.7. The third kappa shape index (κ3) is 1.43. The molecule has 10 nitrogen and oxygen atoms in total. The largest absolute Gasteiger partial charge is 0.476 e. The molecular formula is C8H6N8O2. The molecule has 3 N–H and O–H groups in total. The minimum Gasteiger partial charge on any atom is -0.476 e. The second-order valence-corrected chi connectivity index (χ2v) is 3.40. The average Bonchev–Trinajstić information content (AvgIpc) is 2.93. The summed E-state index contributed by atoms with van der Waals surface area (Å²) in [5.74, 6) is -0.844. The van der Waals surface area contributed by atoms with Crippen molar-refractivity contribution in [1.29, 1.82) is 0 Å². The maximum absolute atomic E-state index is 10.8. The van der Waals surface area contributed by atoms with Gasteiger partial charge in [0.2, 0.25) is 0 Å². The molecule has 0 fully saturated rings. The van der Waals surface area contributed by atoms with Crippen LogP contribution in [0.4, 0.5) is 5.69 Å². The summed E-state index contributed by atoms with van der Waals surface area (Å²) in [4.78, 5) is 10.8. The lowest BCUT2D eigenvalue weighted by Crippen LogP contribution is -2.06. The van der Waals surface area contributed by atoms with Crippen molar-refractivity contribution >= 4 is 17.3 Å². The van der Waals surface area contributed by atoms with Crippen LogP contribution in [0.15, 0.2) is 18.3 Å².